The molecule has 1 heterocycles. The number of likely N-dealkylation sites (tertiary alicyclic amines) is 1. The summed E-state index contributed by atoms with van der Waals surface area (Å²) in [6.45, 7) is 7.69. The van der Waals surface area contributed by atoms with Gasteiger partial charge in [-0.1, -0.05) is 0 Å². The standard InChI is InChI=1S/C11H20FNO2/c1-10(2,3)15-9(14)13-7-5-6-11(4,12)8-13/h5-8H2,1-4H3/t11-/m0/s1. The highest BCUT2D eigenvalue weighted by molar-refractivity contribution is 5.68. The summed E-state index contributed by atoms with van der Waals surface area (Å²) in [5.74, 6) is 0. The number of rotatable bonds is 0. The molecule has 1 fully saturated rings. The van der Waals surface area contributed by atoms with Crippen molar-refractivity contribution in [2.45, 2.75) is 51.8 Å². The molecule has 0 aromatic rings. The molecule has 0 aromatic carbocycles. The van der Waals surface area contributed by atoms with Crippen molar-refractivity contribution >= 4 is 6.09 Å². The SMILES string of the molecule is CC(C)(C)OC(=O)N1CCC[C@](C)(F)C1. The number of alkyl halides is 1. The number of carbonyl (C=O) groups excluding carboxylic acids is 1. The second kappa shape index (κ2) is 3.99. The fourth-order valence-electron chi connectivity index (χ4n) is 1.68. The van der Waals surface area contributed by atoms with Gasteiger partial charge in [0.15, 0.2) is 0 Å². The lowest BCUT2D eigenvalue weighted by molar-refractivity contribution is -0.000849. The van der Waals surface area contributed by atoms with Gasteiger partial charge in [-0.3, -0.25) is 0 Å². The van der Waals surface area contributed by atoms with E-state index in [0.717, 1.165) is 0 Å². The highest BCUT2D eigenvalue weighted by Crippen LogP contribution is 2.25. The molecule has 1 rings (SSSR count). The highest BCUT2D eigenvalue weighted by atomic mass is 19.1. The van der Waals surface area contributed by atoms with E-state index in [0.29, 0.717) is 19.4 Å². The number of ether oxygens (including phenoxy) is 1. The van der Waals surface area contributed by atoms with E-state index in [-0.39, 0.29) is 6.54 Å². The minimum Gasteiger partial charge on any atom is -0.444 e. The van der Waals surface area contributed by atoms with Gasteiger partial charge in [-0.25, -0.2) is 9.18 Å². The molecule has 0 bridgehead atoms. The van der Waals surface area contributed by atoms with Crippen molar-refractivity contribution in [3.05, 3.63) is 0 Å². The Morgan fingerprint density at radius 2 is 2.07 bits per heavy atom. The van der Waals surface area contributed by atoms with Crippen LogP contribution >= 0.6 is 0 Å². The largest absolute Gasteiger partial charge is 0.444 e. The number of amides is 1. The molecule has 4 heteroatoms. The predicted molar refractivity (Wildman–Crippen MR) is 56.6 cm³/mol. The van der Waals surface area contributed by atoms with Crippen LogP contribution in [0.3, 0.4) is 0 Å². The summed E-state index contributed by atoms with van der Waals surface area (Å²) in [4.78, 5) is 13.1. The molecule has 3 nitrogen and oxygen atoms in total. The summed E-state index contributed by atoms with van der Waals surface area (Å²) in [6.07, 6.45) is 0.810. The second-order valence-electron chi connectivity index (χ2n) is 5.42. The van der Waals surface area contributed by atoms with Gasteiger partial charge in [0, 0.05) is 6.54 Å². The molecule has 0 radical (unpaired) electrons. The van der Waals surface area contributed by atoms with E-state index in [1.54, 1.807) is 0 Å². The van der Waals surface area contributed by atoms with Gasteiger partial charge in [-0.2, -0.15) is 0 Å². The van der Waals surface area contributed by atoms with Crippen molar-refractivity contribution in [2.75, 3.05) is 13.1 Å². The fraction of sp³-hybridized carbons (Fsp3) is 0.909. The molecule has 0 unspecified atom stereocenters. The van der Waals surface area contributed by atoms with E-state index >= 15 is 0 Å². The third kappa shape index (κ3) is 4.06. The third-order valence-electron chi connectivity index (χ3n) is 2.30. The molecule has 0 aliphatic carbocycles. The lowest BCUT2D eigenvalue weighted by atomic mass is 9.97. The van der Waals surface area contributed by atoms with Crippen LogP contribution in [-0.4, -0.2) is 35.4 Å². The summed E-state index contributed by atoms with van der Waals surface area (Å²) in [5.41, 5.74) is -1.78. The van der Waals surface area contributed by atoms with Crippen molar-refractivity contribution < 1.29 is 13.9 Å². The smallest absolute Gasteiger partial charge is 0.410 e. The number of hydrogen-bond acceptors (Lipinski definition) is 2. The second-order valence-corrected chi connectivity index (χ2v) is 5.42. The molecular formula is C11H20FNO2. The van der Waals surface area contributed by atoms with Gasteiger partial charge < -0.3 is 9.64 Å². The third-order valence-corrected chi connectivity index (χ3v) is 2.30. The van der Waals surface area contributed by atoms with E-state index in [2.05, 4.69) is 0 Å². The van der Waals surface area contributed by atoms with Gasteiger partial charge >= 0.3 is 6.09 Å². The maximum atomic E-state index is 13.7. The zero-order chi connectivity index (χ0) is 11.7. The molecule has 1 aliphatic rings. The average molecular weight is 217 g/mol. The predicted octanol–water partition coefficient (Wildman–Crippen LogP) is 2.75. The van der Waals surface area contributed by atoms with Crippen LogP contribution in [0.15, 0.2) is 0 Å². The first kappa shape index (κ1) is 12.3. The van der Waals surface area contributed by atoms with Gasteiger partial charge in [0.2, 0.25) is 0 Å². The Morgan fingerprint density at radius 1 is 1.47 bits per heavy atom. The van der Waals surface area contributed by atoms with Crippen LogP contribution in [0, 0.1) is 0 Å². The first-order valence-electron chi connectivity index (χ1n) is 5.36. The molecule has 0 spiro atoms. The Labute approximate surface area is 90.6 Å². The van der Waals surface area contributed by atoms with Crippen molar-refractivity contribution in [1.82, 2.24) is 4.90 Å². The first-order valence-corrected chi connectivity index (χ1v) is 5.36. The van der Waals surface area contributed by atoms with Crippen LogP contribution in [0.4, 0.5) is 9.18 Å². The Bertz CT molecular complexity index is 245. The topological polar surface area (TPSA) is 29.5 Å². The van der Waals surface area contributed by atoms with Crippen LogP contribution in [0.2, 0.25) is 0 Å². The van der Waals surface area contributed by atoms with Crippen LogP contribution in [0.1, 0.15) is 40.5 Å². The van der Waals surface area contributed by atoms with Gasteiger partial charge in [0.1, 0.15) is 11.3 Å². The monoisotopic (exact) mass is 217 g/mol. The van der Waals surface area contributed by atoms with Gasteiger partial charge in [0.05, 0.1) is 6.54 Å². The molecule has 0 aromatic heterocycles. The molecule has 1 saturated heterocycles. The number of carbonyl (C=O) groups is 1. The summed E-state index contributed by atoms with van der Waals surface area (Å²) in [7, 11) is 0. The summed E-state index contributed by atoms with van der Waals surface area (Å²) in [6, 6.07) is 0. The van der Waals surface area contributed by atoms with E-state index in [1.807, 2.05) is 20.8 Å². The van der Waals surface area contributed by atoms with Crippen molar-refractivity contribution in [1.29, 1.82) is 0 Å². The zero-order valence-electron chi connectivity index (χ0n) is 9.97. The number of piperidine rings is 1. The minimum atomic E-state index is -1.27. The van der Waals surface area contributed by atoms with Crippen molar-refractivity contribution in [2.24, 2.45) is 0 Å². The van der Waals surface area contributed by atoms with Crippen molar-refractivity contribution in [3.63, 3.8) is 0 Å². The van der Waals surface area contributed by atoms with E-state index in [9.17, 15) is 9.18 Å². The normalized spacial score (nSPS) is 27.7. The fourth-order valence-corrected chi connectivity index (χ4v) is 1.68. The van der Waals surface area contributed by atoms with Crippen LogP contribution in [0.25, 0.3) is 0 Å². The number of halogens is 1. The molecule has 88 valence electrons. The highest BCUT2D eigenvalue weighted by Gasteiger charge is 2.34. The van der Waals surface area contributed by atoms with E-state index in [4.69, 9.17) is 4.74 Å². The molecule has 1 atom stereocenters. The molecular weight excluding hydrogens is 197 g/mol. The Kier molecular flexibility index (Phi) is 3.26. The van der Waals surface area contributed by atoms with Crippen LogP contribution in [0.5, 0.6) is 0 Å². The maximum absolute atomic E-state index is 13.7. The quantitative estimate of drug-likeness (QED) is 0.624. The van der Waals surface area contributed by atoms with Gasteiger partial charge in [0.25, 0.3) is 0 Å². The molecule has 0 saturated carbocycles. The lowest BCUT2D eigenvalue weighted by Crippen LogP contribution is -2.48. The van der Waals surface area contributed by atoms with Crippen molar-refractivity contribution in [3.8, 4) is 0 Å². The average Bonchev–Trinajstić information content (AvgIpc) is 1.99. The lowest BCUT2D eigenvalue weighted by Gasteiger charge is -2.35. The maximum Gasteiger partial charge on any atom is 0.410 e. The van der Waals surface area contributed by atoms with Gasteiger partial charge in [-0.15, -0.1) is 0 Å². The Balaban J connectivity index is 2.53. The van der Waals surface area contributed by atoms with Gasteiger partial charge in [-0.05, 0) is 40.5 Å². The Morgan fingerprint density at radius 3 is 2.53 bits per heavy atom. The molecule has 1 aliphatic heterocycles. The van der Waals surface area contributed by atoms with Crippen LogP contribution < -0.4 is 0 Å². The zero-order valence-corrected chi connectivity index (χ0v) is 9.97. The van der Waals surface area contributed by atoms with Crippen LogP contribution in [-0.2, 0) is 4.74 Å². The summed E-state index contributed by atoms with van der Waals surface area (Å²) < 4.78 is 18.9. The first-order chi connectivity index (χ1) is 6.70. The van der Waals surface area contributed by atoms with E-state index in [1.165, 1.54) is 11.8 Å². The summed E-state index contributed by atoms with van der Waals surface area (Å²) >= 11 is 0. The number of hydrogen-bond donors (Lipinski definition) is 0. The number of nitrogens with zero attached hydrogens (tertiary/aromatic N) is 1. The molecule has 1 amide bonds. The minimum absolute atomic E-state index is 0.141. The molecule has 15 heavy (non-hydrogen) atoms. The summed E-state index contributed by atoms with van der Waals surface area (Å²) in [5, 5.41) is 0. The molecule has 0 N–H and O–H groups in total. The van der Waals surface area contributed by atoms with E-state index < -0.39 is 17.4 Å². The Hall–Kier alpha value is -0.800.